The lowest BCUT2D eigenvalue weighted by Gasteiger charge is -2.26. The molecule has 2 N–H and O–H groups in total. The topological polar surface area (TPSA) is 59.0 Å². The van der Waals surface area contributed by atoms with E-state index in [1.807, 2.05) is 33.8 Å². The first kappa shape index (κ1) is 15.5. The Morgan fingerprint density at radius 2 is 1.79 bits per heavy atom. The molecule has 0 amide bonds. The number of hydrogen-bond acceptors (Lipinski definition) is 3. The molecule has 19 heavy (non-hydrogen) atoms. The molecule has 3 nitrogen and oxygen atoms in total. The van der Waals surface area contributed by atoms with Crippen molar-refractivity contribution in [2.75, 3.05) is 7.11 Å². The summed E-state index contributed by atoms with van der Waals surface area (Å²) >= 11 is 0. The van der Waals surface area contributed by atoms with Gasteiger partial charge in [-0.3, -0.25) is 0 Å². The molecule has 1 aromatic carbocycles. The number of nitriles is 1. The maximum atomic E-state index is 9.33. The lowest BCUT2D eigenvalue weighted by molar-refractivity contribution is 0.397. The Balaban J connectivity index is 3.36. The number of nitrogens with two attached hydrogens (primary N) is 1. The van der Waals surface area contributed by atoms with Crippen molar-refractivity contribution in [1.29, 1.82) is 5.26 Å². The van der Waals surface area contributed by atoms with Crippen molar-refractivity contribution >= 4 is 0 Å². The maximum Gasteiger partial charge on any atom is 0.122 e. The molecule has 0 radical (unpaired) electrons. The Morgan fingerprint density at radius 1 is 1.21 bits per heavy atom. The molecule has 0 saturated carbocycles. The summed E-state index contributed by atoms with van der Waals surface area (Å²) in [7, 11) is 1.67. The number of benzene rings is 1. The van der Waals surface area contributed by atoms with Crippen LogP contribution in [0.5, 0.6) is 5.75 Å². The van der Waals surface area contributed by atoms with Crippen molar-refractivity contribution in [3.63, 3.8) is 0 Å². The Kier molecular flexibility index (Phi) is 4.97. The van der Waals surface area contributed by atoms with Crippen LogP contribution in [0.4, 0.5) is 0 Å². The maximum absolute atomic E-state index is 9.33. The molecule has 0 bridgehead atoms. The van der Waals surface area contributed by atoms with Crippen LogP contribution in [0.1, 0.15) is 42.1 Å². The van der Waals surface area contributed by atoms with Gasteiger partial charge in [0.2, 0.25) is 0 Å². The SMILES string of the molecule is COc1cc(C)c(C(N)C(C#N)C(C)C)c(C)c1C. The van der Waals surface area contributed by atoms with Crippen LogP contribution in [0.3, 0.4) is 0 Å². The van der Waals surface area contributed by atoms with E-state index < -0.39 is 0 Å². The molecule has 0 saturated heterocycles. The molecule has 0 aromatic heterocycles. The quantitative estimate of drug-likeness (QED) is 0.902. The van der Waals surface area contributed by atoms with Gasteiger partial charge < -0.3 is 10.5 Å². The number of rotatable bonds is 4. The van der Waals surface area contributed by atoms with E-state index in [1.54, 1.807) is 7.11 Å². The number of aryl methyl sites for hydroxylation is 1. The summed E-state index contributed by atoms with van der Waals surface area (Å²) in [5.41, 5.74) is 10.7. The predicted molar refractivity (Wildman–Crippen MR) is 78.1 cm³/mol. The summed E-state index contributed by atoms with van der Waals surface area (Å²) in [6.07, 6.45) is 0. The minimum absolute atomic E-state index is 0.176. The van der Waals surface area contributed by atoms with Crippen LogP contribution in [-0.4, -0.2) is 7.11 Å². The van der Waals surface area contributed by atoms with Crippen molar-refractivity contribution in [2.45, 2.75) is 40.7 Å². The van der Waals surface area contributed by atoms with Gasteiger partial charge in [0.25, 0.3) is 0 Å². The van der Waals surface area contributed by atoms with Crippen LogP contribution < -0.4 is 10.5 Å². The third-order valence-corrected chi connectivity index (χ3v) is 3.92. The van der Waals surface area contributed by atoms with Gasteiger partial charge in [0.15, 0.2) is 0 Å². The molecule has 0 fully saturated rings. The summed E-state index contributed by atoms with van der Waals surface area (Å²) in [6.45, 7) is 10.2. The van der Waals surface area contributed by atoms with E-state index in [0.717, 1.165) is 28.0 Å². The van der Waals surface area contributed by atoms with Gasteiger partial charge in [0, 0.05) is 6.04 Å². The van der Waals surface area contributed by atoms with Crippen LogP contribution in [0.2, 0.25) is 0 Å². The second-order valence-corrected chi connectivity index (χ2v) is 5.48. The molecule has 104 valence electrons. The minimum atomic E-state index is -0.255. The summed E-state index contributed by atoms with van der Waals surface area (Å²) < 4.78 is 5.37. The first-order chi connectivity index (χ1) is 8.84. The summed E-state index contributed by atoms with van der Waals surface area (Å²) in [6, 6.07) is 4.10. The molecular formula is C16H24N2O. The van der Waals surface area contributed by atoms with E-state index in [0.29, 0.717) is 0 Å². The monoisotopic (exact) mass is 260 g/mol. The van der Waals surface area contributed by atoms with Gasteiger partial charge in [0.1, 0.15) is 5.75 Å². The second-order valence-electron chi connectivity index (χ2n) is 5.48. The second kappa shape index (κ2) is 6.08. The highest BCUT2D eigenvalue weighted by Gasteiger charge is 2.26. The molecule has 0 aliphatic heterocycles. The Bertz CT molecular complexity index is 500. The first-order valence-electron chi connectivity index (χ1n) is 6.65. The Labute approximate surface area is 116 Å². The van der Waals surface area contributed by atoms with Gasteiger partial charge in [-0.2, -0.15) is 5.26 Å². The number of methoxy groups -OCH3 is 1. The number of nitrogens with zero attached hydrogens (tertiary/aromatic N) is 1. The average Bonchev–Trinajstić information content (AvgIpc) is 2.34. The zero-order chi connectivity index (χ0) is 14.7. The van der Waals surface area contributed by atoms with Crippen LogP contribution >= 0.6 is 0 Å². The zero-order valence-electron chi connectivity index (χ0n) is 12.7. The smallest absolute Gasteiger partial charge is 0.122 e. The molecule has 2 unspecified atom stereocenters. The van der Waals surface area contributed by atoms with E-state index in [1.165, 1.54) is 0 Å². The van der Waals surface area contributed by atoms with Gasteiger partial charge in [-0.15, -0.1) is 0 Å². The normalized spacial score (nSPS) is 14.1. The summed E-state index contributed by atoms with van der Waals surface area (Å²) in [4.78, 5) is 0. The average molecular weight is 260 g/mol. The van der Waals surface area contributed by atoms with Gasteiger partial charge in [-0.25, -0.2) is 0 Å². The van der Waals surface area contributed by atoms with Gasteiger partial charge in [0.05, 0.1) is 19.1 Å². The van der Waals surface area contributed by atoms with E-state index in [4.69, 9.17) is 10.5 Å². The van der Waals surface area contributed by atoms with Crippen molar-refractivity contribution < 1.29 is 4.74 Å². The number of hydrogen-bond donors (Lipinski definition) is 1. The van der Waals surface area contributed by atoms with Gasteiger partial charge >= 0.3 is 0 Å². The van der Waals surface area contributed by atoms with Crippen LogP contribution in [0.15, 0.2) is 6.07 Å². The summed E-state index contributed by atoms with van der Waals surface area (Å²) in [5, 5.41) is 9.33. The fourth-order valence-electron chi connectivity index (χ4n) is 2.61. The highest BCUT2D eigenvalue weighted by atomic mass is 16.5. The van der Waals surface area contributed by atoms with Crippen LogP contribution in [0, 0.1) is 43.9 Å². The number of ether oxygens (including phenoxy) is 1. The predicted octanol–water partition coefficient (Wildman–Crippen LogP) is 3.42. The third kappa shape index (κ3) is 2.90. The lowest BCUT2D eigenvalue weighted by Crippen LogP contribution is -2.26. The highest BCUT2D eigenvalue weighted by molar-refractivity contribution is 5.49. The first-order valence-corrected chi connectivity index (χ1v) is 6.65. The van der Waals surface area contributed by atoms with E-state index in [9.17, 15) is 5.26 Å². The zero-order valence-corrected chi connectivity index (χ0v) is 12.7. The molecular weight excluding hydrogens is 236 g/mol. The molecule has 1 rings (SSSR count). The van der Waals surface area contributed by atoms with Crippen molar-refractivity contribution in [3.05, 3.63) is 28.3 Å². The van der Waals surface area contributed by atoms with Gasteiger partial charge in [-0.1, -0.05) is 13.8 Å². The van der Waals surface area contributed by atoms with Crippen molar-refractivity contribution in [2.24, 2.45) is 17.6 Å². The largest absolute Gasteiger partial charge is 0.496 e. The van der Waals surface area contributed by atoms with Crippen molar-refractivity contribution in [3.8, 4) is 11.8 Å². The molecule has 2 atom stereocenters. The molecule has 0 heterocycles. The van der Waals surface area contributed by atoms with E-state index in [-0.39, 0.29) is 17.9 Å². The highest BCUT2D eigenvalue weighted by Crippen LogP contribution is 2.35. The molecule has 0 aliphatic rings. The van der Waals surface area contributed by atoms with Crippen molar-refractivity contribution in [1.82, 2.24) is 0 Å². The fraction of sp³-hybridized carbons (Fsp3) is 0.562. The third-order valence-electron chi connectivity index (χ3n) is 3.92. The molecule has 3 heteroatoms. The molecule has 1 aromatic rings. The fourth-order valence-corrected chi connectivity index (χ4v) is 2.61. The Hall–Kier alpha value is -1.53. The van der Waals surface area contributed by atoms with Gasteiger partial charge in [-0.05, 0) is 55.0 Å². The van der Waals surface area contributed by atoms with Crippen LogP contribution in [-0.2, 0) is 0 Å². The lowest BCUT2D eigenvalue weighted by atomic mass is 9.81. The van der Waals surface area contributed by atoms with E-state index >= 15 is 0 Å². The van der Waals surface area contributed by atoms with E-state index in [2.05, 4.69) is 13.0 Å². The Morgan fingerprint density at radius 3 is 2.21 bits per heavy atom. The standard InChI is InChI=1S/C16H24N2O/c1-9(2)13(8-17)16(18)15-10(3)7-14(19-6)11(4)12(15)5/h7,9,13,16H,18H2,1-6H3. The minimum Gasteiger partial charge on any atom is -0.496 e. The van der Waals surface area contributed by atoms with Crippen LogP contribution in [0.25, 0.3) is 0 Å². The molecule has 0 aliphatic carbocycles. The summed E-state index contributed by atoms with van der Waals surface area (Å²) in [5.74, 6) is 0.940. The molecule has 0 spiro atoms.